The molecule has 0 aliphatic carbocycles. The maximum absolute atomic E-state index is 12.7. The maximum atomic E-state index is 12.7. The predicted molar refractivity (Wildman–Crippen MR) is 82.4 cm³/mol. The summed E-state index contributed by atoms with van der Waals surface area (Å²) < 4.78 is 15.2. The van der Waals surface area contributed by atoms with Crippen LogP contribution >= 0.6 is 0 Å². The van der Waals surface area contributed by atoms with E-state index in [2.05, 4.69) is 0 Å². The molecule has 0 radical (unpaired) electrons. The molecular weight excluding hydrogens is 286 g/mol. The first-order chi connectivity index (χ1) is 10.4. The number of carbonyl (C=O) groups excluding carboxylic acids is 2. The molecule has 0 fully saturated rings. The molecule has 0 N–H and O–H groups in total. The van der Waals surface area contributed by atoms with Gasteiger partial charge in [-0.25, -0.2) is 0 Å². The lowest BCUT2D eigenvalue weighted by Gasteiger charge is -2.26. The molecule has 0 unspecified atom stereocenters. The standard InChI is InChI=1S/C16H23NO5/c1-6-22-15(18)10-17(11(2)3)16(19)12-7-13(20-4)9-14(8-12)21-5/h7-9,11H,6,10H2,1-5H3. The van der Waals surface area contributed by atoms with Gasteiger partial charge in [-0.2, -0.15) is 0 Å². The van der Waals surface area contributed by atoms with Crippen LogP contribution in [0.1, 0.15) is 31.1 Å². The Labute approximate surface area is 131 Å². The lowest BCUT2D eigenvalue weighted by Crippen LogP contribution is -2.41. The fourth-order valence-corrected chi connectivity index (χ4v) is 1.93. The van der Waals surface area contributed by atoms with Crippen molar-refractivity contribution >= 4 is 11.9 Å². The van der Waals surface area contributed by atoms with Gasteiger partial charge in [-0.15, -0.1) is 0 Å². The Balaban J connectivity index is 3.06. The molecular formula is C16H23NO5. The van der Waals surface area contributed by atoms with E-state index in [9.17, 15) is 9.59 Å². The molecule has 0 bridgehead atoms. The smallest absolute Gasteiger partial charge is 0.325 e. The number of amides is 1. The van der Waals surface area contributed by atoms with E-state index in [1.165, 1.54) is 19.1 Å². The lowest BCUT2D eigenvalue weighted by molar-refractivity contribution is -0.144. The fraction of sp³-hybridized carbons (Fsp3) is 0.500. The minimum atomic E-state index is -0.431. The molecule has 1 aromatic carbocycles. The highest BCUT2D eigenvalue weighted by Gasteiger charge is 2.23. The van der Waals surface area contributed by atoms with E-state index >= 15 is 0 Å². The fourth-order valence-electron chi connectivity index (χ4n) is 1.93. The van der Waals surface area contributed by atoms with Crippen LogP contribution in [0.15, 0.2) is 18.2 Å². The second-order valence-electron chi connectivity index (χ2n) is 4.93. The minimum absolute atomic E-state index is 0.0934. The first-order valence-corrected chi connectivity index (χ1v) is 7.12. The number of nitrogens with zero attached hydrogens (tertiary/aromatic N) is 1. The molecule has 0 heterocycles. The Bertz CT molecular complexity index is 505. The minimum Gasteiger partial charge on any atom is -0.497 e. The zero-order chi connectivity index (χ0) is 16.7. The summed E-state index contributed by atoms with van der Waals surface area (Å²) in [5.41, 5.74) is 0.397. The average molecular weight is 309 g/mol. The van der Waals surface area contributed by atoms with Crippen molar-refractivity contribution in [1.29, 1.82) is 0 Å². The van der Waals surface area contributed by atoms with Gasteiger partial charge in [0, 0.05) is 17.7 Å². The maximum Gasteiger partial charge on any atom is 0.325 e. The number of methoxy groups -OCH3 is 2. The van der Waals surface area contributed by atoms with Crippen molar-refractivity contribution in [2.45, 2.75) is 26.8 Å². The number of hydrogen-bond acceptors (Lipinski definition) is 5. The number of ether oxygens (including phenoxy) is 3. The largest absolute Gasteiger partial charge is 0.497 e. The van der Waals surface area contributed by atoms with Gasteiger partial charge in [0.2, 0.25) is 0 Å². The summed E-state index contributed by atoms with van der Waals surface area (Å²) in [6.07, 6.45) is 0. The number of hydrogen-bond donors (Lipinski definition) is 0. The van der Waals surface area contributed by atoms with Crippen LogP contribution < -0.4 is 9.47 Å². The van der Waals surface area contributed by atoms with E-state index in [4.69, 9.17) is 14.2 Å². The van der Waals surface area contributed by atoms with Crippen molar-refractivity contribution in [1.82, 2.24) is 4.90 Å². The third-order valence-corrected chi connectivity index (χ3v) is 3.09. The quantitative estimate of drug-likeness (QED) is 0.722. The molecule has 1 rings (SSSR count). The predicted octanol–water partition coefficient (Wildman–Crippen LogP) is 2.12. The molecule has 0 aliphatic heterocycles. The van der Waals surface area contributed by atoms with Crippen LogP contribution in [0.3, 0.4) is 0 Å². The third-order valence-electron chi connectivity index (χ3n) is 3.09. The molecule has 22 heavy (non-hydrogen) atoms. The highest BCUT2D eigenvalue weighted by Crippen LogP contribution is 2.24. The van der Waals surface area contributed by atoms with Gasteiger partial charge in [-0.05, 0) is 32.9 Å². The van der Waals surface area contributed by atoms with Crippen molar-refractivity contribution in [3.8, 4) is 11.5 Å². The molecule has 1 aromatic rings. The van der Waals surface area contributed by atoms with Crippen molar-refractivity contribution in [2.75, 3.05) is 27.4 Å². The van der Waals surface area contributed by atoms with Crippen LogP contribution in [0.4, 0.5) is 0 Å². The third kappa shape index (κ3) is 4.65. The lowest BCUT2D eigenvalue weighted by atomic mass is 10.1. The molecule has 6 heteroatoms. The molecule has 0 aromatic heterocycles. The Morgan fingerprint density at radius 2 is 1.64 bits per heavy atom. The van der Waals surface area contributed by atoms with Crippen LogP contribution in [0.2, 0.25) is 0 Å². The van der Waals surface area contributed by atoms with Gasteiger partial charge < -0.3 is 19.1 Å². The van der Waals surface area contributed by atoms with Crippen LogP contribution in [0.25, 0.3) is 0 Å². The van der Waals surface area contributed by atoms with Crippen LogP contribution in [0, 0.1) is 0 Å². The van der Waals surface area contributed by atoms with E-state index in [-0.39, 0.29) is 25.1 Å². The topological polar surface area (TPSA) is 65.1 Å². The summed E-state index contributed by atoms with van der Waals surface area (Å²) in [7, 11) is 3.03. The zero-order valence-electron chi connectivity index (χ0n) is 13.7. The zero-order valence-corrected chi connectivity index (χ0v) is 13.7. The van der Waals surface area contributed by atoms with Crippen LogP contribution in [0.5, 0.6) is 11.5 Å². The van der Waals surface area contributed by atoms with E-state index < -0.39 is 5.97 Å². The van der Waals surface area contributed by atoms with Crippen molar-refractivity contribution < 1.29 is 23.8 Å². The number of benzene rings is 1. The summed E-state index contributed by atoms with van der Waals surface area (Å²) >= 11 is 0. The number of carbonyl (C=O) groups is 2. The Kier molecular flexibility index (Phi) is 6.69. The highest BCUT2D eigenvalue weighted by molar-refractivity contribution is 5.97. The van der Waals surface area contributed by atoms with Crippen molar-refractivity contribution in [3.05, 3.63) is 23.8 Å². The Hall–Kier alpha value is -2.24. The van der Waals surface area contributed by atoms with Gasteiger partial charge in [0.1, 0.15) is 18.0 Å². The summed E-state index contributed by atoms with van der Waals surface area (Å²) in [4.78, 5) is 25.8. The van der Waals surface area contributed by atoms with Gasteiger partial charge in [0.25, 0.3) is 5.91 Å². The molecule has 0 atom stereocenters. The molecule has 1 amide bonds. The molecule has 0 aliphatic rings. The molecule has 0 saturated heterocycles. The number of esters is 1. The second kappa shape index (κ2) is 8.26. The molecule has 0 spiro atoms. The summed E-state index contributed by atoms with van der Waals surface area (Å²) in [6, 6.07) is 4.77. The summed E-state index contributed by atoms with van der Waals surface area (Å²) in [5, 5.41) is 0. The molecule has 0 saturated carbocycles. The van der Waals surface area contributed by atoms with Crippen LogP contribution in [-0.2, 0) is 9.53 Å². The van der Waals surface area contributed by atoms with E-state index in [1.807, 2.05) is 13.8 Å². The van der Waals surface area contributed by atoms with Gasteiger partial charge >= 0.3 is 5.97 Å². The van der Waals surface area contributed by atoms with E-state index in [0.29, 0.717) is 17.1 Å². The normalized spacial score (nSPS) is 10.3. The highest BCUT2D eigenvalue weighted by atomic mass is 16.5. The molecule has 122 valence electrons. The van der Waals surface area contributed by atoms with E-state index in [0.717, 1.165) is 0 Å². The number of rotatable bonds is 7. The van der Waals surface area contributed by atoms with E-state index in [1.54, 1.807) is 25.1 Å². The first kappa shape index (κ1) is 17.8. The Morgan fingerprint density at radius 3 is 2.05 bits per heavy atom. The summed E-state index contributed by atoms with van der Waals surface area (Å²) in [6.45, 7) is 5.60. The van der Waals surface area contributed by atoms with Crippen LogP contribution in [-0.4, -0.2) is 50.2 Å². The van der Waals surface area contributed by atoms with Crippen molar-refractivity contribution in [2.24, 2.45) is 0 Å². The SMILES string of the molecule is CCOC(=O)CN(C(=O)c1cc(OC)cc(OC)c1)C(C)C. The monoisotopic (exact) mass is 309 g/mol. The Morgan fingerprint density at radius 1 is 1.09 bits per heavy atom. The van der Waals surface area contributed by atoms with Crippen molar-refractivity contribution in [3.63, 3.8) is 0 Å². The van der Waals surface area contributed by atoms with Gasteiger partial charge in [-0.3, -0.25) is 9.59 Å². The van der Waals surface area contributed by atoms with Gasteiger partial charge in [0.15, 0.2) is 0 Å². The average Bonchev–Trinajstić information content (AvgIpc) is 2.51. The van der Waals surface area contributed by atoms with Gasteiger partial charge in [-0.1, -0.05) is 0 Å². The molecule has 6 nitrogen and oxygen atoms in total. The first-order valence-electron chi connectivity index (χ1n) is 7.12. The summed E-state index contributed by atoms with van der Waals surface area (Å²) in [5.74, 6) is 0.324. The van der Waals surface area contributed by atoms with Gasteiger partial charge in [0.05, 0.1) is 20.8 Å². The second-order valence-corrected chi connectivity index (χ2v) is 4.93.